The largest absolute Gasteiger partial charge is 0.295 e. The summed E-state index contributed by atoms with van der Waals surface area (Å²) in [4.78, 5) is 11.1. The van der Waals surface area contributed by atoms with Crippen molar-refractivity contribution >= 4 is 5.78 Å². The second-order valence-corrected chi connectivity index (χ2v) is 3.09. The van der Waals surface area contributed by atoms with E-state index in [2.05, 4.69) is 6.92 Å². The number of unbranched alkanes of at least 4 members (excludes halogenated alkanes) is 3. The van der Waals surface area contributed by atoms with Crippen LogP contribution < -0.4 is 0 Å². The van der Waals surface area contributed by atoms with Crippen LogP contribution in [-0.2, 0) is 4.79 Å². The molecule has 0 unspecified atom stereocenters. The van der Waals surface area contributed by atoms with Crippen LogP contribution in [0, 0.1) is 0 Å². The van der Waals surface area contributed by atoms with Crippen LogP contribution in [0.2, 0.25) is 0 Å². The Morgan fingerprint density at radius 3 is 2.50 bits per heavy atom. The summed E-state index contributed by atoms with van der Waals surface area (Å²) >= 11 is 0. The third-order valence-electron chi connectivity index (χ3n) is 1.82. The van der Waals surface area contributed by atoms with Crippen molar-refractivity contribution in [3.63, 3.8) is 0 Å². The molecule has 0 radical (unpaired) electrons. The molecule has 1 heteroatoms. The van der Waals surface area contributed by atoms with Gasteiger partial charge in [-0.05, 0) is 18.9 Å². The molecule has 0 aromatic carbocycles. The van der Waals surface area contributed by atoms with E-state index in [-0.39, 0.29) is 5.78 Å². The standard InChI is InChI=1S/C11H20O/c1-3-5-7-8-10-11(12)9-6-4-2/h6,9H,3-5,7-8,10H2,1-2H3. The van der Waals surface area contributed by atoms with Crippen LogP contribution >= 0.6 is 0 Å². The van der Waals surface area contributed by atoms with E-state index in [1.54, 1.807) is 6.08 Å². The van der Waals surface area contributed by atoms with Gasteiger partial charge < -0.3 is 0 Å². The van der Waals surface area contributed by atoms with Crippen LogP contribution in [-0.4, -0.2) is 5.78 Å². The van der Waals surface area contributed by atoms with Crippen molar-refractivity contribution in [2.24, 2.45) is 0 Å². The first-order chi connectivity index (χ1) is 5.81. The SMILES string of the molecule is CCC=CC(=O)CCCCCC. The fraction of sp³-hybridized carbons (Fsp3) is 0.727. The lowest BCUT2D eigenvalue weighted by atomic mass is 10.1. The molecule has 0 amide bonds. The summed E-state index contributed by atoms with van der Waals surface area (Å²) < 4.78 is 0. The molecule has 0 saturated carbocycles. The highest BCUT2D eigenvalue weighted by Gasteiger charge is 1.94. The summed E-state index contributed by atoms with van der Waals surface area (Å²) in [5.41, 5.74) is 0. The number of ketones is 1. The van der Waals surface area contributed by atoms with Gasteiger partial charge in [-0.15, -0.1) is 0 Å². The molecule has 0 saturated heterocycles. The molecule has 0 aromatic heterocycles. The zero-order valence-electron chi connectivity index (χ0n) is 8.31. The van der Waals surface area contributed by atoms with E-state index in [9.17, 15) is 4.79 Å². The van der Waals surface area contributed by atoms with E-state index < -0.39 is 0 Å². The maximum atomic E-state index is 11.1. The highest BCUT2D eigenvalue weighted by atomic mass is 16.1. The minimum atomic E-state index is 0.285. The van der Waals surface area contributed by atoms with Crippen LogP contribution in [0.15, 0.2) is 12.2 Å². The second kappa shape index (κ2) is 8.51. The molecular weight excluding hydrogens is 148 g/mol. The van der Waals surface area contributed by atoms with Gasteiger partial charge in [-0.3, -0.25) is 4.79 Å². The molecule has 1 nitrogen and oxygen atoms in total. The Kier molecular flexibility index (Phi) is 8.09. The molecule has 70 valence electrons. The predicted molar refractivity (Wildman–Crippen MR) is 53.2 cm³/mol. The summed E-state index contributed by atoms with van der Waals surface area (Å²) in [6.07, 6.45) is 10.1. The molecule has 0 aromatic rings. The molecule has 0 N–H and O–H groups in total. The highest BCUT2D eigenvalue weighted by molar-refractivity contribution is 5.89. The van der Waals surface area contributed by atoms with Gasteiger partial charge in [0.1, 0.15) is 0 Å². The average molecular weight is 168 g/mol. The van der Waals surface area contributed by atoms with Gasteiger partial charge in [0.05, 0.1) is 0 Å². The number of hydrogen-bond donors (Lipinski definition) is 0. The smallest absolute Gasteiger partial charge is 0.155 e. The monoisotopic (exact) mass is 168 g/mol. The lowest BCUT2D eigenvalue weighted by molar-refractivity contribution is -0.114. The summed E-state index contributed by atoms with van der Waals surface area (Å²) in [6, 6.07) is 0. The quantitative estimate of drug-likeness (QED) is 0.420. The van der Waals surface area contributed by atoms with Crippen LogP contribution in [0.5, 0.6) is 0 Å². The van der Waals surface area contributed by atoms with E-state index in [1.165, 1.54) is 19.3 Å². The van der Waals surface area contributed by atoms with E-state index in [4.69, 9.17) is 0 Å². The van der Waals surface area contributed by atoms with E-state index in [1.807, 2.05) is 13.0 Å². The Hall–Kier alpha value is -0.590. The van der Waals surface area contributed by atoms with Gasteiger partial charge in [0.15, 0.2) is 5.78 Å². The number of carbonyl (C=O) groups is 1. The molecule has 0 aliphatic heterocycles. The van der Waals surface area contributed by atoms with Crippen molar-refractivity contribution < 1.29 is 4.79 Å². The predicted octanol–water partition coefficient (Wildman–Crippen LogP) is 3.49. The molecule has 0 heterocycles. The van der Waals surface area contributed by atoms with E-state index >= 15 is 0 Å². The summed E-state index contributed by atoms with van der Waals surface area (Å²) in [5.74, 6) is 0.285. The molecule has 12 heavy (non-hydrogen) atoms. The fourth-order valence-electron chi connectivity index (χ4n) is 1.06. The second-order valence-electron chi connectivity index (χ2n) is 3.09. The lowest BCUT2D eigenvalue weighted by Crippen LogP contribution is -1.91. The zero-order chi connectivity index (χ0) is 9.23. The number of allylic oxidation sites excluding steroid dienone is 2. The Balaban J connectivity index is 3.25. The summed E-state index contributed by atoms with van der Waals surface area (Å²) in [7, 11) is 0. The van der Waals surface area contributed by atoms with Gasteiger partial charge >= 0.3 is 0 Å². The van der Waals surface area contributed by atoms with Crippen LogP contribution in [0.1, 0.15) is 52.4 Å². The van der Waals surface area contributed by atoms with Gasteiger partial charge in [-0.25, -0.2) is 0 Å². The molecule has 0 atom stereocenters. The maximum Gasteiger partial charge on any atom is 0.155 e. The van der Waals surface area contributed by atoms with Gasteiger partial charge in [0.2, 0.25) is 0 Å². The third-order valence-corrected chi connectivity index (χ3v) is 1.82. The van der Waals surface area contributed by atoms with Crippen molar-refractivity contribution in [1.82, 2.24) is 0 Å². The van der Waals surface area contributed by atoms with E-state index in [0.29, 0.717) is 0 Å². The van der Waals surface area contributed by atoms with Gasteiger partial charge in [-0.1, -0.05) is 39.2 Å². The Labute approximate surface area is 75.9 Å². The number of hydrogen-bond acceptors (Lipinski definition) is 1. The average Bonchev–Trinajstić information content (AvgIpc) is 2.09. The van der Waals surface area contributed by atoms with E-state index in [0.717, 1.165) is 19.3 Å². The Bertz CT molecular complexity index is 136. The molecule has 0 fully saturated rings. The number of rotatable bonds is 7. The first-order valence-electron chi connectivity index (χ1n) is 5.00. The Morgan fingerprint density at radius 2 is 1.92 bits per heavy atom. The van der Waals surface area contributed by atoms with Crippen LogP contribution in [0.4, 0.5) is 0 Å². The molecule has 0 rings (SSSR count). The highest BCUT2D eigenvalue weighted by Crippen LogP contribution is 2.03. The normalized spacial score (nSPS) is 10.8. The summed E-state index contributed by atoms with van der Waals surface area (Å²) in [6.45, 7) is 4.22. The van der Waals surface area contributed by atoms with Crippen molar-refractivity contribution in [1.29, 1.82) is 0 Å². The first kappa shape index (κ1) is 11.4. The van der Waals surface area contributed by atoms with Gasteiger partial charge in [-0.2, -0.15) is 0 Å². The first-order valence-corrected chi connectivity index (χ1v) is 5.00. The van der Waals surface area contributed by atoms with Crippen LogP contribution in [0.3, 0.4) is 0 Å². The lowest BCUT2D eigenvalue weighted by Gasteiger charge is -1.95. The summed E-state index contributed by atoms with van der Waals surface area (Å²) in [5, 5.41) is 0. The van der Waals surface area contributed by atoms with Gasteiger partial charge in [0.25, 0.3) is 0 Å². The van der Waals surface area contributed by atoms with Crippen molar-refractivity contribution in [2.45, 2.75) is 52.4 Å². The van der Waals surface area contributed by atoms with Crippen LogP contribution in [0.25, 0.3) is 0 Å². The van der Waals surface area contributed by atoms with Crippen molar-refractivity contribution in [3.8, 4) is 0 Å². The third kappa shape index (κ3) is 7.52. The number of carbonyl (C=O) groups excluding carboxylic acids is 1. The van der Waals surface area contributed by atoms with Crippen molar-refractivity contribution in [2.75, 3.05) is 0 Å². The molecule has 0 aliphatic rings. The molecule has 0 spiro atoms. The zero-order valence-corrected chi connectivity index (χ0v) is 8.31. The maximum absolute atomic E-state index is 11.1. The Morgan fingerprint density at radius 1 is 1.17 bits per heavy atom. The topological polar surface area (TPSA) is 17.1 Å². The molecular formula is C11H20O. The molecule has 0 aliphatic carbocycles. The molecule has 0 bridgehead atoms. The minimum absolute atomic E-state index is 0.285. The fourth-order valence-corrected chi connectivity index (χ4v) is 1.06. The van der Waals surface area contributed by atoms with Gasteiger partial charge in [0, 0.05) is 6.42 Å². The van der Waals surface area contributed by atoms with Crippen molar-refractivity contribution in [3.05, 3.63) is 12.2 Å². The minimum Gasteiger partial charge on any atom is -0.295 e.